The first kappa shape index (κ1) is 15.0. The molecule has 1 unspecified atom stereocenters. The number of rotatable bonds is 5. The monoisotopic (exact) mass is 275 g/mol. The second-order valence-corrected chi connectivity index (χ2v) is 5.53. The maximum atomic E-state index is 12.4. The third-order valence-electron chi connectivity index (χ3n) is 4.19. The molecule has 2 rings (SSSR count). The number of nitrogens with two attached hydrogens (primary N) is 1. The van der Waals surface area contributed by atoms with E-state index in [2.05, 4.69) is 11.8 Å². The molecule has 1 aliphatic heterocycles. The largest absolute Gasteiger partial charge is 0.343 e. The lowest BCUT2D eigenvalue weighted by Gasteiger charge is -2.29. The molecule has 0 spiro atoms. The van der Waals surface area contributed by atoms with Crippen LogP contribution in [0.4, 0.5) is 0 Å². The first-order valence-corrected chi connectivity index (χ1v) is 7.43. The highest BCUT2D eigenvalue weighted by Crippen LogP contribution is 2.19. The van der Waals surface area contributed by atoms with Crippen molar-refractivity contribution in [1.82, 2.24) is 9.80 Å². The fraction of sp³-hybridized carbons (Fsp3) is 0.562. The van der Waals surface area contributed by atoms with Gasteiger partial charge in [0, 0.05) is 19.6 Å². The molecule has 0 radical (unpaired) electrons. The van der Waals surface area contributed by atoms with Crippen LogP contribution in [0.1, 0.15) is 31.4 Å². The Hall–Kier alpha value is -1.39. The zero-order chi connectivity index (χ0) is 14.5. The summed E-state index contributed by atoms with van der Waals surface area (Å²) in [4.78, 5) is 16.6. The van der Waals surface area contributed by atoms with Crippen molar-refractivity contribution in [2.45, 2.75) is 31.8 Å². The number of benzene rings is 1. The third-order valence-corrected chi connectivity index (χ3v) is 4.19. The Bertz CT molecular complexity index is 435. The molecule has 1 saturated heterocycles. The van der Waals surface area contributed by atoms with Crippen LogP contribution in [0.2, 0.25) is 0 Å². The standard InChI is InChI=1S/C16H25N3O/c1-3-19-11-7-10-14(19)12-18(2)16(20)15(17)13-8-5-4-6-9-13/h4-6,8-9,14-15H,3,7,10-12,17H2,1-2H3/t14?,15-/m1/s1. The summed E-state index contributed by atoms with van der Waals surface area (Å²) in [5, 5.41) is 0. The van der Waals surface area contributed by atoms with Gasteiger partial charge in [-0.3, -0.25) is 9.69 Å². The van der Waals surface area contributed by atoms with Crippen molar-refractivity contribution in [2.75, 3.05) is 26.7 Å². The Morgan fingerprint density at radius 2 is 2.15 bits per heavy atom. The summed E-state index contributed by atoms with van der Waals surface area (Å²) in [6, 6.07) is 9.50. The SMILES string of the molecule is CCN1CCCC1CN(C)C(=O)[C@H](N)c1ccccc1. The number of carbonyl (C=O) groups is 1. The summed E-state index contributed by atoms with van der Waals surface area (Å²) in [5.41, 5.74) is 6.95. The zero-order valence-corrected chi connectivity index (χ0v) is 12.5. The van der Waals surface area contributed by atoms with Gasteiger partial charge in [0.2, 0.25) is 5.91 Å². The van der Waals surface area contributed by atoms with Gasteiger partial charge < -0.3 is 10.6 Å². The molecule has 110 valence electrons. The minimum atomic E-state index is -0.558. The van der Waals surface area contributed by atoms with E-state index >= 15 is 0 Å². The van der Waals surface area contributed by atoms with Crippen LogP contribution in [0.15, 0.2) is 30.3 Å². The van der Waals surface area contributed by atoms with Gasteiger partial charge in [0.25, 0.3) is 0 Å². The number of amides is 1. The molecule has 1 aromatic carbocycles. The average molecular weight is 275 g/mol. The summed E-state index contributed by atoms with van der Waals surface area (Å²) in [5.74, 6) is -0.000784. The van der Waals surface area contributed by atoms with E-state index in [1.165, 1.54) is 12.8 Å². The van der Waals surface area contributed by atoms with Crippen LogP contribution in [-0.2, 0) is 4.79 Å². The molecule has 0 bridgehead atoms. The minimum absolute atomic E-state index is 0.000784. The molecule has 1 fully saturated rings. The number of likely N-dealkylation sites (N-methyl/N-ethyl adjacent to an activating group) is 2. The second-order valence-electron chi connectivity index (χ2n) is 5.53. The highest BCUT2D eigenvalue weighted by Gasteiger charge is 2.27. The van der Waals surface area contributed by atoms with Crippen LogP contribution >= 0.6 is 0 Å². The second kappa shape index (κ2) is 6.86. The maximum Gasteiger partial charge on any atom is 0.243 e. The number of carbonyl (C=O) groups excluding carboxylic acids is 1. The lowest BCUT2D eigenvalue weighted by atomic mass is 10.1. The molecular formula is C16H25N3O. The van der Waals surface area contributed by atoms with Crippen LogP contribution < -0.4 is 5.73 Å². The molecule has 1 aliphatic rings. The van der Waals surface area contributed by atoms with E-state index in [1.54, 1.807) is 4.90 Å². The maximum absolute atomic E-state index is 12.4. The molecule has 1 aromatic rings. The van der Waals surface area contributed by atoms with E-state index in [1.807, 2.05) is 37.4 Å². The average Bonchev–Trinajstić information content (AvgIpc) is 2.93. The Labute approximate surface area is 121 Å². The van der Waals surface area contributed by atoms with Crippen molar-refractivity contribution < 1.29 is 4.79 Å². The van der Waals surface area contributed by atoms with Gasteiger partial charge in [0.15, 0.2) is 0 Å². The predicted octanol–water partition coefficient (Wildman–Crippen LogP) is 1.63. The normalized spacial score (nSPS) is 20.9. The molecule has 1 amide bonds. The van der Waals surface area contributed by atoms with E-state index in [-0.39, 0.29) is 5.91 Å². The zero-order valence-electron chi connectivity index (χ0n) is 12.5. The van der Waals surface area contributed by atoms with E-state index < -0.39 is 6.04 Å². The van der Waals surface area contributed by atoms with E-state index in [0.29, 0.717) is 6.04 Å². The fourth-order valence-electron chi connectivity index (χ4n) is 2.96. The van der Waals surface area contributed by atoms with Crippen molar-refractivity contribution >= 4 is 5.91 Å². The fourth-order valence-corrected chi connectivity index (χ4v) is 2.96. The van der Waals surface area contributed by atoms with E-state index in [9.17, 15) is 4.79 Å². The quantitative estimate of drug-likeness (QED) is 0.888. The van der Waals surface area contributed by atoms with Crippen LogP contribution in [0, 0.1) is 0 Å². The van der Waals surface area contributed by atoms with Crippen molar-refractivity contribution in [1.29, 1.82) is 0 Å². The Kier molecular flexibility index (Phi) is 5.15. The van der Waals surface area contributed by atoms with Crippen LogP contribution in [0.25, 0.3) is 0 Å². The molecule has 0 saturated carbocycles. The lowest BCUT2D eigenvalue weighted by Crippen LogP contribution is -2.44. The predicted molar refractivity (Wildman–Crippen MR) is 81.3 cm³/mol. The van der Waals surface area contributed by atoms with Crippen LogP contribution in [0.3, 0.4) is 0 Å². The van der Waals surface area contributed by atoms with Gasteiger partial charge in [-0.1, -0.05) is 37.3 Å². The Balaban J connectivity index is 1.95. The van der Waals surface area contributed by atoms with Gasteiger partial charge in [0.1, 0.15) is 6.04 Å². The summed E-state index contributed by atoms with van der Waals surface area (Å²) in [6.07, 6.45) is 2.40. The van der Waals surface area contributed by atoms with Gasteiger partial charge in [-0.05, 0) is 31.5 Å². The molecule has 4 heteroatoms. The smallest absolute Gasteiger partial charge is 0.243 e. The number of hydrogen-bond acceptors (Lipinski definition) is 3. The van der Waals surface area contributed by atoms with Gasteiger partial charge >= 0.3 is 0 Å². The molecular weight excluding hydrogens is 250 g/mol. The number of likely N-dealkylation sites (tertiary alicyclic amines) is 1. The highest BCUT2D eigenvalue weighted by molar-refractivity contribution is 5.82. The first-order valence-electron chi connectivity index (χ1n) is 7.43. The first-order chi connectivity index (χ1) is 9.63. The van der Waals surface area contributed by atoms with Crippen LogP contribution in [-0.4, -0.2) is 48.4 Å². The van der Waals surface area contributed by atoms with Gasteiger partial charge in [0.05, 0.1) is 0 Å². The molecule has 0 aliphatic carbocycles. The van der Waals surface area contributed by atoms with E-state index in [0.717, 1.165) is 25.2 Å². The molecule has 2 atom stereocenters. The van der Waals surface area contributed by atoms with E-state index in [4.69, 9.17) is 5.73 Å². The third kappa shape index (κ3) is 3.38. The van der Waals surface area contributed by atoms with Gasteiger partial charge in [-0.25, -0.2) is 0 Å². The van der Waals surface area contributed by atoms with Crippen molar-refractivity contribution in [3.63, 3.8) is 0 Å². The number of nitrogens with zero attached hydrogens (tertiary/aromatic N) is 2. The highest BCUT2D eigenvalue weighted by atomic mass is 16.2. The van der Waals surface area contributed by atoms with Crippen molar-refractivity contribution in [2.24, 2.45) is 5.73 Å². The Morgan fingerprint density at radius 3 is 2.80 bits per heavy atom. The molecule has 1 heterocycles. The molecule has 0 aromatic heterocycles. The van der Waals surface area contributed by atoms with Gasteiger partial charge in [-0.15, -0.1) is 0 Å². The minimum Gasteiger partial charge on any atom is -0.343 e. The Morgan fingerprint density at radius 1 is 1.45 bits per heavy atom. The van der Waals surface area contributed by atoms with Crippen molar-refractivity contribution in [3.8, 4) is 0 Å². The molecule has 20 heavy (non-hydrogen) atoms. The molecule has 4 nitrogen and oxygen atoms in total. The van der Waals surface area contributed by atoms with Crippen LogP contribution in [0.5, 0.6) is 0 Å². The summed E-state index contributed by atoms with van der Waals surface area (Å²) < 4.78 is 0. The summed E-state index contributed by atoms with van der Waals surface area (Å²) in [7, 11) is 1.86. The number of hydrogen-bond donors (Lipinski definition) is 1. The summed E-state index contributed by atoms with van der Waals surface area (Å²) >= 11 is 0. The van der Waals surface area contributed by atoms with Gasteiger partial charge in [-0.2, -0.15) is 0 Å². The lowest BCUT2D eigenvalue weighted by molar-refractivity contribution is -0.132. The topological polar surface area (TPSA) is 49.6 Å². The van der Waals surface area contributed by atoms with Crippen molar-refractivity contribution in [3.05, 3.63) is 35.9 Å². The molecule has 2 N–H and O–H groups in total. The summed E-state index contributed by atoms with van der Waals surface area (Å²) in [6.45, 7) is 5.15.